The molecule has 0 atom stereocenters. The Morgan fingerprint density at radius 1 is 1.38 bits per heavy atom. The second kappa shape index (κ2) is 4.35. The molecule has 0 N–H and O–H groups in total. The van der Waals surface area contributed by atoms with Crippen molar-refractivity contribution in [2.24, 2.45) is 0 Å². The Morgan fingerprint density at radius 3 is 2.81 bits per heavy atom. The lowest BCUT2D eigenvalue weighted by atomic mass is 10.1. The number of rotatable bonds is 3. The van der Waals surface area contributed by atoms with Crippen LogP contribution in [0.15, 0.2) is 22.7 Å². The van der Waals surface area contributed by atoms with Crippen molar-refractivity contribution in [1.29, 1.82) is 0 Å². The fourth-order valence-corrected chi connectivity index (χ4v) is 2.04. The van der Waals surface area contributed by atoms with E-state index in [1.165, 1.54) is 4.90 Å². The van der Waals surface area contributed by atoms with E-state index in [9.17, 15) is 9.59 Å². The number of nitrogens with zero attached hydrogens (tertiary/aromatic N) is 1. The third-order valence-electron chi connectivity index (χ3n) is 2.45. The lowest BCUT2D eigenvalue weighted by Gasteiger charge is -2.15. The Morgan fingerprint density at radius 2 is 2.12 bits per heavy atom. The average molecular weight is 284 g/mol. The van der Waals surface area contributed by atoms with E-state index >= 15 is 0 Å². The molecule has 2 rings (SSSR count). The molecule has 1 aromatic carbocycles. The summed E-state index contributed by atoms with van der Waals surface area (Å²) in [5.41, 5.74) is 1.12. The second-order valence-electron chi connectivity index (χ2n) is 3.44. The van der Waals surface area contributed by atoms with E-state index in [1.807, 2.05) is 6.07 Å². The lowest BCUT2D eigenvalue weighted by molar-refractivity contribution is -0.114. The van der Waals surface area contributed by atoms with Crippen molar-refractivity contribution >= 4 is 33.3 Å². The molecule has 0 saturated heterocycles. The molecular formula is C11H10BrNO3. The minimum atomic E-state index is -0.481. The van der Waals surface area contributed by atoms with Crippen molar-refractivity contribution in [2.45, 2.75) is 0 Å². The highest BCUT2D eigenvalue weighted by atomic mass is 79.9. The topological polar surface area (TPSA) is 46.6 Å². The normalized spacial score (nSPS) is 14.5. The van der Waals surface area contributed by atoms with Gasteiger partial charge in [-0.25, -0.2) is 0 Å². The van der Waals surface area contributed by atoms with Crippen LogP contribution in [0.2, 0.25) is 0 Å². The second-order valence-corrected chi connectivity index (χ2v) is 4.36. The van der Waals surface area contributed by atoms with Gasteiger partial charge in [0.05, 0.1) is 17.9 Å². The molecule has 5 heteroatoms. The molecule has 0 unspecified atom stereocenters. The highest BCUT2D eigenvalue weighted by Crippen LogP contribution is 2.30. The number of hydrogen-bond acceptors (Lipinski definition) is 3. The van der Waals surface area contributed by atoms with Crippen LogP contribution < -0.4 is 4.90 Å². The van der Waals surface area contributed by atoms with Gasteiger partial charge in [-0.3, -0.25) is 9.59 Å². The summed E-state index contributed by atoms with van der Waals surface area (Å²) in [5.74, 6) is -0.933. The number of carbonyl (C=O) groups is 2. The van der Waals surface area contributed by atoms with Gasteiger partial charge in [-0.15, -0.1) is 0 Å². The molecule has 4 nitrogen and oxygen atoms in total. The van der Waals surface area contributed by atoms with Gasteiger partial charge in [0.25, 0.3) is 11.7 Å². The Hall–Kier alpha value is -1.20. The quantitative estimate of drug-likeness (QED) is 0.792. The van der Waals surface area contributed by atoms with E-state index in [0.717, 1.165) is 4.47 Å². The van der Waals surface area contributed by atoms with Crippen LogP contribution in [0.25, 0.3) is 0 Å². The number of methoxy groups -OCH3 is 1. The number of ketones is 1. The van der Waals surface area contributed by atoms with Crippen molar-refractivity contribution in [2.75, 3.05) is 25.2 Å². The predicted octanol–water partition coefficient (Wildman–Crippen LogP) is 1.62. The standard InChI is InChI=1S/C11H10BrNO3/c1-16-5-4-13-9-3-2-7(12)6-8(9)10(14)11(13)15/h2-3,6H,4-5H2,1H3. The van der Waals surface area contributed by atoms with Crippen molar-refractivity contribution in [1.82, 2.24) is 0 Å². The number of carbonyl (C=O) groups excluding carboxylic acids is 2. The molecule has 1 amide bonds. The number of Topliss-reactive ketones (excluding diaryl/α,β-unsaturated/α-hetero) is 1. The number of fused-ring (bicyclic) bond motifs is 1. The predicted molar refractivity (Wildman–Crippen MR) is 62.7 cm³/mol. The molecule has 1 heterocycles. The fourth-order valence-electron chi connectivity index (χ4n) is 1.68. The minimum absolute atomic E-state index is 0.399. The minimum Gasteiger partial charge on any atom is -0.383 e. The van der Waals surface area contributed by atoms with Crippen LogP contribution in [0.4, 0.5) is 5.69 Å². The zero-order valence-electron chi connectivity index (χ0n) is 8.70. The molecule has 1 aromatic rings. The largest absolute Gasteiger partial charge is 0.383 e. The number of halogens is 1. The summed E-state index contributed by atoms with van der Waals surface area (Å²) in [5, 5.41) is 0. The van der Waals surface area contributed by atoms with E-state index in [4.69, 9.17) is 4.74 Å². The maximum atomic E-state index is 11.7. The summed E-state index contributed by atoms with van der Waals surface area (Å²) in [6.45, 7) is 0.810. The molecule has 0 spiro atoms. The number of benzene rings is 1. The van der Waals surface area contributed by atoms with Crippen LogP contribution >= 0.6 is 15.9 Å². The highest BCUT2D eigenvalue weighted by molar-refractivity contribution is 9.10. The molecule has 0 radical (unpaired) electrons. The van der Waals surface area contributed by atoms with Gasteiger partial charge in [0.1, 0.15) is 0 Å². The molecule has 0 aliphatic carbocycles. The molecule has 1 aliphatic heterocycles. The zero-order valence-corrected chi connectivity index (χ0v) is 10.3. The molecule has 84 valence electrons. The summed E-state index contributed by atoms with van der Waals surface area (Å²) >= 11 is 3.28. The Labute approximate surface area is 101 Å². The molecule has 0 aromatic heterocycles. The van der Waals surface area contributed by atoms with E-state index in [0.29, 0.717) is 24.4 Å². The Balaban J connectivity index is 2.38. The highest BCUT2D eigenvalue weighted by Gasteiger charge is 2.35. The van der Waals surface area contributed by atoms with Gasteiger partial charge in [-0.05, 0) is 18.2 Å². The third-order valence-corrected chi connectivity index (χ3v) is 2.95. The fraction of sp³-hybridized carbons (Fsp3) is 0.273. The summed E-state index contributed by atoms with van der Waals surface area (Å²) < 4.78 is 5.70. The van der Waals surface area contributed by atoms with Crippen LogP contribution in [0.3, 0.4) is 0 Å². The number of hydrogen-bond donors (Lipinski definition) is 0. The SMILES string of the molecule is COCCN1C(=O)C(=O)c2cc(Br)ccc21. The first-order chi connectivity index (χ1) is 7.65. The van der Waals surface area contributed by atoms with Crippen molar-refractivity contribution in [3.8, 4) is 0 Å². The molecule has 16 heavy (non-hydrogen) atoms. The van der Waals surface area contributed by atoms with Gasteiger partial charge in [-0.1, -0.05) is 15.9 Å². The van der Waals surface area contributed by atoms with Gasteiger partial charge < -0.3 is 9.64 Å². The first-order valence-electron chi connectivity index (χ1n) is 4.80. The van der Waals surface area contributed by atoms with E-state index < -0.39 is 11.7 Å². The zero-order chi connectivity index (χ0) is 11.7. The maximum Gasteiger partial charge on any atom is 0.299 e. The van der Waals surface area contributed by atoms with E-state index in [-0.39, 0.29) is 0 Å². The number of anilines is 1. The first-order valence-corrected chi connectivity index (χ1v) is 5.59. The van der Waals surface area contributed by atoms with Gasteiger partial charge in [0.2, 0.25) is 0 Å². The molecule has 0 saturated carbocycles. The smallest absolute Gasteiger partial charge is 0.299 e. The van der Waals surface area contributed by atoms with Crippen LogP contribution in [-0.4, -0.2) is 32.0 Å². The summed E-state index contributed by atoms with van der Waals surface area (Å²) in [6, 6.07) is 5.24. The molecule has 0 fully saturated rings. The van der Waals surface area contributed by atoms with Crippen LogP contribution in [-0.2, 0) is 9.53 Å². The number of amides is 1. The van der Waals surface area contributed by atoms with Crippen LogP contribution in [0.1, 0.15) is 10.4 Å². The van der Waals surface area contributed by atoms with E-state index in [1.54, 1.807) is 19.2 Å². The molecule has 1 aliphatic rings. The third kappa shape index (κ3) is 1.76. The summed E-state index contributed by atoms with van der Waals surface area (Å²) in [6.07, 6.45) is 0. The maximum absolute atomic E-state index is 11.7. The monoisotopic (exact) mass is 283 g/mol. The van der Waals surface area contributed by atoms with Crippen molar-refractivity contribution in [3.05, 3.63) is 28.2 Å². The van der Waals surface area contributed by atoms with Gasteiger partial charge in [0.15, 0.2) is 0 Å². The van der Waals surface area contributed by atoms with Gasteiger partial charge >= 0.3 is 0 Å². The first kappa shape index (κ1) is 11.3. The average Bonchev–Trinajstić information content (AvgIpc) is 2.50. The van der Waals surface area contributed by atoms with Gasteiger partial charge in [-0.2, -0.15) is 0 Å². The Bertz CT molecular complexity index is 459. The summed E-state index contributed by atoms with van der Waals surface area (Å²) in [7, 11) is 1.56. The number of ether oxygens (including phenoxy) is 1. The van der Waals surface area contributed by atoms with Gasteiger partial charge in [0, 0.05) is 18.1 Å². The van der Waals surface area contributed by atoms with Crippen LogP contribution in [0.5, 0.6) is 0 Å². The Kier molecular flexibility index (Phi) is 3.07. The molecular weight excluding hydrogens is 274 g/mol. The molecule has 0 bridgehead atoms. The lowest BCUT2D eigenvalue weighted by Crippen LogP contribution is -2.32. The van der Waals surface area contributed by atoms with Crippen LogP contribution in [0, 0.1) is 0 Å². The van der Waals surface area contributed by atoms with Crippen molar-refractivity contribution < 1.29 is 14.3 Å². The van der Waals surface area contributed by atoms with E-state index in [2.05, 4.69) is 15.9 Å². The van der Waals surface area contributed by atoms with Crippen molar-refractivity contribution in [3.63, 3.8) is 0 Å². The summed E-state index contributed by atoms with van der Waals surface area (Å²) in [4.78, 5) is 24.8.